The SMILES string of the molecule is O=CC1Cc2ccc(Br)cc2C(=O)O1. The van der Waals surface area contributed by atoms with Crippen LogP contribution in [0.2, 0.25) is 0 Å². The molecule has 0 aromatic heterocycles. The molecule has 1 aromatic rings. The average molecular weight is 255 g/mol. The maximum atomic E-state index is 11.4. The molecule has 0 spiro atoms. The Morgan fingerprint density at radius 2 is 2.29 bits per heavy atom. The number of benzene rings is 1. The first-order valence-electron chi connectivity index (χ1n) is 4.15. The molecule has 0 bridgehead atoms. The normalized spacial score (nSPS) is 19.8. The highest BCUT2D eigenvalue weighted by Gasteiger charge is 2.25. The van der Waals surface area contributed by atoms with Gasteiger partial charge in [-0.25, -0.2) is 4.79 Å². The van der Waals surface area contributed by atoms with Gasteiger partial charge in [0.25, 0.3) is 0 Å². The van der Waals surface area contributed by atoms with Gasteiger partial charge in [0.2, 0.25) is 0 Å². The molecule has 0 amide bonds. The van der Waals surface area contributed by atoms with E-state index in [4.69, 9.17) is 4.74 Å². The molecule has 14 heavy (non-hydrogen) atoms. The van der Waals surface area contributed by atoms with Crippen molar-refractivity contribution in [3.8, 4) is 0 Å². The second-order valence-electron chi connectivity index (χ2n) is 3.09. The summed E-state index contributed by atoms with van der Waals surface area (Å²) in [6.45, 7) is 0. The quantitative estimate of drug-likeness (QED) is 0.567. The summed E-state index contributed by atoms with van der Waals surface area (Å²) in [4.78, 5) is 21.9. The zero-order valence-electron chi connectivity index (χ0n) is 7.20. The number of aldehydes is 1. The number of halogens is 1. The standard InChI is InChI=1S/C10H7BrO3/c11-7-2-1-6-3-8(5-12)14-10(13)9(6)4-7/h1-2,4-5,8H,3H2. The molecule has 1 atom stereocenters. The van der Waals surface area contributed by atoms with Crippen molar-refractivity contribution < 1.29 is 14.3 Å². The first kappa shape index (κ1) is 9.40. The molecule has 0 saturated heterocycles. The van der Waals surface area contributed by atoms with Crippen molar-refractivity contribution in [3.63, 3.8) is 0 Å². The van der Waals surface area contributed by atoms with Gasteiger partial charge in [0.05, 0.1) is 5.56 Å². The molecule has 72 valence electrons. The van der Waals surface area contributed by atoms with Crippen LogP contribution in [0.3, 0.4) is 0 Å². The lowest BCUT2D eigenvalue weighted by Crippen LogP contribution is -2.28. The van der Waals surface area contributed by atoms with Gasteiger partial charge in [-0.05, 0) is 17.7 Å². The van der Waals surface area contributed by atoms with Crippen molar-refractivity contribution >= 4 is 28.2 Å². The van der Waals surface area contributed by atoms with E-state index in [2.05, 4.69) is 15.9 Å². The maximum Gasteiger partial charge on any atom is 0.339 e. The summed E-state index contributed by atoms with van der Waals surface area (Å²) in [6, 6.07) is 5.38. The lowest BCUT2D eigenvalue weighted by Gasteiger charge is -2.20. The third kappa shape index (κ3) is 1.57. The number of fused-ring (bicyclic) bond motifs is 1. The van der Waals surface area contributed by atoms with Crippen LogP contribution in [0.1, 0.15) is 15.9 Å². The van der Waals surface area contributed by atoms with Crippen LogP contribution in [0.5, 0.6) is 0 Å². The highest BCUT2D eigenvalue weighted by atomic mass is 79.9. The Kier molecular flexibility index (Phi) is 2.37. The molecule has 0 saturated carbocycles. The number of hydrogen-bond acceptors (Lipinski definition) is 3. The van der Waals surface area contributed by atoms with Crippen molar-refractivity contribution in [2.75, 3.05) is 0 Å². The topological polar surface area (TPSA) is 43.4 Å². The average Bonchev–Trinajstić information content (AvgIpc) is 2.19. The van der Waals surface area contributed by atoms with Gasteiger partial charge in [0, 0.05) is 10.9 Å². The summed E-state index contributed by atoms with van der Waals surface area (Å²) in [5.74, 6) is -0.426. The molecule has 3 nitrogen and oxygen atoms in total. The smallest absolute Gasteiger partial charge is 0.339 e. The van der Waals surface area contributed by atoms with Gasteiger partial charge in [0.1, 0.15) is 0 Å². The van der Waals surface area contributed by atoms with Gasteiger partial charge in [0.15, 0.2) is 12.4 Å². The lowest BCUT2D eigenvalue weighted by molar-refractivity contribution is -0.115. The summed E-state index contributed by atoms with van der Waals surface area (Å²) in [5, 5.41) is 0. The fourth-order valence-corrected chi connectivity index (χ4v) is 1.81. The van der Waals surface area contributed by atoms with Crippen molar-refractivity contribution in [2.24, 2.45) is 0 Å². The molecule has 1 heterocycles. The van der Waals surface area contributed by atoms with Crippen LogP contribution in [-0.4, -0.2) is 18.4 Å². The number of cyclic esters (lactones) is 1. The van der Waals surface area contributed by atoms with Crippen LogP contribution < -0.4 is 0 Å². The van der Waals surface area contributed by atoms with Gasteiger partial charge in [-0.2, -0.15) is 0 Å². The van der Waals surface area contributed by atoms with Gasteiger partial charge < -0.3 is 4.74 Å². The summed E-state index contributed by atoms with van der Waals surface area (Å²) in [6.07, 6.45) is 0.497. The summed E-state index contributed by atoms with van der Waals surface area (Å²) in [7, 11) is 0. The third-order valence-corrected chi connectivity index (χ3v) is 2.62. The van der Waals surface area contributed by atoms with Gasteiger partial charge in [-0.3, -0.25) is 4.79 Å². The number of ether oxygens (including phenoxy) is 1. The van der Waals surface area contributed by atoms with Gasteiger partial charge >= 0.3 is 5.97 Å². The monoisotopic (exact) mass is 254 g/mol. The number of hydrogen-bond donors (Lipinski definition) is 0. The van der Waals surface area contributed by atoms with E-state index >= 15 is 0 Å². The van der Waals surface area contributed by atoms with Crippen LogP contribution in [0.15, 0.2) is 22.7 Å². The fraction of sp³-hybridized carbons (Fsp3) is 0.200. The highest BCUT2D eigenvalue weighted by molar-refractivity contribution is 9.10. The van der Waals surface area contributed by atoms with E-state index in [-0.39, 0.29) is 0 Å². The predicted octanol–water partition coefficient (Wildman–Crippen LogP) is 1.73. The zero-order valence-corrected chi connectivity index (χ0v) is 8.78. The summed E-state index contributed by atoms with van der Waals surface area (Å²) < 4.78 is 5.72. The first-order chi connectivity index (χ1) is 6.70. The summed E-state index contributed by atoms with van der Waals surface area (Å²) >= 11 is 3.27. The number of rotatable bonds is 1. The minimum Gasteiger partial charge on any atom is -0.451 e. The highest BCUT2D eigenvalue weighted by Crippen LogP contribution is 2.23. The van der Waals surface area contributed by atoms with Crippen LogP contribution >= 0.6 is 15.9 Å². The molecule has 0 fully saturated rings. The molecule has 0 radical (unpaired) electrons. The second kappa shape index (κ2) is 3.53. The summed E-state index contributed by atoms with van der Waals surface area (Å²) in [5.41, 5.74) is 1.40. The van der Waals surface area contributed by atoms with Crippen molar-refractivity contribution in [1.82, 2.24) is 0 Å². The first-order valence-corrected chi connectivity index (χ1v) is 4.94. The van der Waals surface area contributed by atoms with Crippen molar-refractivity contribution in [3.05, 3.63) is 33.8 Å². The Morgan fingerprint density at radius 3 is 3.00 bits per heavy atom. The Hall–Kier alpha value is -1.16. The molecule has 1 aromatic carbocycles. The third-order valence-electron chi connectivity index (χ3n) is 2.12. The van der Waals surface area contributed by atoms with Crippen LogP contribution in [-0.2, 0) is 16.0 Å². The second-order valence-corrected chi connectivity index (χ2v) is 4.00. The van der Waals surface area contributed by atoms with E-state index in [0.717, 1.165) is 10.0 Å². The zero-order chi connectivity index (χ0) is 10.1. The minimum atomic E-state index is -0.629. The Labute approximate surface area is 89.2 Å². The van der Waals surface area contributed by atoms with Crippen LogP contribution in [0, 0.1) is 0 Å². The molecule has 2 rings (SSSR count). The Bertz CT molecular complexity index is 400. The van der Waals surface area contributed by atoms with Crippen LogP contribution in [0.4, 0.5) is 0 Å². The molecule has 1 aliphatic heterocycles. The number of carbonyl (C=O) groups excluding carboxylic acids is 2. The molecular formula is C10H7BrO3. The van der Waals surface area contributed by atoms with Crippen LogP contribution in [0.25, 0.3) is 0 Å². The Balaban J connectivity index is 2.44. The van der Waals surface area contributed by atoms with E-state index in [1.165, 1.54) is 0 Å². The van der Waals surface area contributed by atoms with E-state index in [0.29, 0.717) is 18.3 Å². The van der Waals surface area contributed by atoms with E-state index in [9.17, 15) is 9.59 Å². The molecule has 0 N–H and O–H groups in total. The number of esters is 1. The molecule has 1 unspecified atom stereocenters. The van der Waals surface area contributed by atoms with Crippen molar-refractivity contribution in [1.29, 1.82) is 0 Å². The molecule has 0 aliphatic carbocycles. The maximum absolute atomic E-state index is 11.4. The number of carbonyl (C=O) groups is 2. The Morgan fingerprint density at radius 1 is 1.50 bits per heavy atom. The molecular weight excluding hydrogens is 248 g/mol. The van der Waals surface area contributed by atoms with E-state index in [1.54, 1.807) is 6.07 Å². The fourth-order valence-electron chi connectivity index (χ4n) is 1.45. The van der Waals surface area contributed by atoms with Crippen molar-refractivity contribution in [2.45, 2.75) is 12.5 Å². The predicted molar refractivity (Wildman–Crippen MR) is 53.1 cm³/mol. The largest absolute Gasteiger partial charge is 0.451 e. The van der Waals surface area contributed by atoms with E-state index in [1.807, 2.05) is 12.1 Å². The minimum absolute atomic E-state index is 0.426. The molecule has 1 aliphatic rings. The van der Waals surface area contributed by atoms with Gasteiger partial charge in [-0.15, -0.1) is 0 Å². The van der Waals surface area contributed by atoms with E-state index < -0.39 is 12.1 Å². The van der Waals surface area contributed by atoms with Gasteiger partial charge in [-0.1, -0.05) is 22.0 Å². The molecule has 4 heteroatoms. The lowest BCUT2D eigenvalue weighted by atomic mass is 9.99.